The highest BCUT2D eigenvalue weighted by Crippen LogP contribution is 2.37. The van der Waals surface area contributed by atoms with Crippen LogP contribution in [0.4, 0.5) is 0 Å². The van der Waals surface area contributed by atoms with Crippen LogP contribution in [0, 0.1) is 0 Å². The zero-order valence-corrected chi connectivity index (χ0v) is 8.49. The zero-order chi connectivity index (χ0) is 10.0. The largest absolute Gasteiger partial charge is 0.300 e. The summed E-state index contributed by atoms with van der Waals surface area (Å²) in [5.41, 5.74) is 1.44. The molecule has 0 unspecified atom stereocenters. The molecule has 74 valence electrons. The van der Waals surface area contributed by atoms with Gasteiger partial charge in [-0.1, -0.05) is 13.0 Å². The molecule has 2 heteroatoms. The average molecular weight is 189 g/mol. The molecular formula is C12H15NO. The number of carbonyl (C=O) groups excluding carboxylic acids is 1. The minimum absolute atomic E-state index is 0.169. The molecule has 1 fully saturated rings. The normalized spacial score (nSPS) is 20.8. The third-order valence-corrected chi connectivity index (χ3v) is 3.27. The second-order valence-electron chi connectivity index (χ2n) is 4.34. The number of rotatable bonds is 1. The van der Waals surface area contributed by atoms with Gasteiger partial charge in [-0.2, -0.15) is 0 Å². The lowest BCUT2D eigenvalue weighted by molar-refractivity contribution is -0.121. The molecule has 0 bridgehead atoms. The molecule has 0 amide bonds. The van der Waals surface area contributed by atoms with Crippen LogP contribution in [0.2, 0.25) is 0 Å². The molecule has 1 aliphatic rings. The zero-order valence-electron chi connectivity index (χ0n) is 8.49. The smallest absolute Gasteiger partial charge is 0.132 e. The van der Waals surface area contributed by atoms with Crippen LogP contribution >= 0.6 is 0 Å². The predicted molar refractivity (Wildman–Crippen MR) is 55.1 cm³/mol. The van der Waals surface area contributed by atoms with E-state index in [1.165, 1.54) is 5.56 Å². The van der Waals surface area contributed by atoms with Crippen molar-refractivity contribution < 1.29 is 4.79 Å². The highest BCUT2D eigenvalue weighted by molar-refractivity contribution is 5.79. The Balaban J connectivity index is 2.21. The number of nitrogens with zero attached hydrogens (tertiary/aromatic N) is 1. The Kier molecular flexibility index (Phi) is 2.36. The van der Waals surface area contributed by atoms with Crippen molar-refractivity contribution in [3.05, 3.63) is 30.1 Å². The summed E-state index contributed by atoms with van der Waals surface area (Å²) in [5, 5.41) is 0. The van der Waals surface area contributed by atoms with Gasteiger partial charge in [0, 0.05) is 25.2 Å². The maximum Gasteiger partial charge on any atom is 0.132 e. The Morgan fingerprint density at radius 1 is 1.36 bits per heavy atom. The molecule has 1 aromatic heterocycles. The van der Waals surface area contributed by atoms with E-state index < -0.39 is 0 Å². The third-order valence-electron chi connectivity index (χ3n) is 3.27. The van der Waals surface area contributed by atoms with Crippen LogP contribution in [0.15, 0.2) is 24.5 Å². The Hall–Kier alpha value is -1.18. The van der Waals surface area contributed by atoms with Gasteiger partial charge in [-0.15, -0.1) is 0 Å². The van der Waals surface area contributed by atoms with Gasteiger partial charge in [0.1, 0.15) is 5.78 Å². The molecule has 1 aliphatic carbocycles. The van der Waals surface area contributed by atoms with Gasteiger partial charge in [0.25, 0.3) is 0 Å². The van der Waals surface area contributed by atoms with Crippen molar-refractivity contribution in [1.82, 2.24) is 4.98 Å². The summed E-state index contributed by atoms with van der Waals surface area (Å²) >= 11 is 0. The number of hydrogen-bond acceptors (Lipinski definition) is 2. The van der Waals surface area contributed by atoms with Crippen molar-refractivity contribution in [1.29, 1.82) is 0 Å². The number of aromatic nitrogens is 1. The fraction of sp³-hybridized carbons (Fsp3) is 0.500. The molecule has 0 N–H and O–H groups in total. The summed E-state index contributed by atoms with van der Waals surface area (Å²) in [6.07, 6.45) is 7.11. The van der Waals surface area contributed by atoms with Crippen LogP contribution in [0.1, 0.15) is 38.2 Å². The highest BCUT2D eigenvalue weighted by atomic mass is 16.1. The average Bonchev–Trinajstić information content (AvgIpc) is 2.24. The van der Waals surface area contributed by atoms with E-state index in [0.29, 0.717) is 5.78 Å². The summed E-state index contributed by atoms with van der Waals surface area (Å²) in [6, 6.07) is 4.08. The van der Waals surface area contributed by atoms with Crippen molar-refractivity contribution >= 4 is 5.78 Å². The fourth-order valence-electron chi connectivity index (χ4n) is 2.09. The summed E-state index contributed by atoms with van der Waals surface area (Å²) < 4.78 is 0. The first-order valence-corrected chi connectivity index (χ1v) is 5.13. The molecule has 1 heterocycles. The molecule has 0 saturated heterocycles. The first kappa shape index (κ1) is 9.38. The number of Topliss-reactive ketones (excluding diaryl/α,β-unsaturated/α-hetero) is 1. The van der Waals surface area contributed by atoms with E-state index in [2.05, 4.69) is 18.0 Å². The van der Waals surface area contributed by atoms with Crippen LogP contribution in [0.5, 0.6) is 0 Å². The molecule has 2 nitrogen and oxygen atoms in total. The van der Waals surface area contributed by atoms with E-state index in [1.54, 1.807) is 6.20 Å². The molecule has 0 spiro atoms. The molecular weight excluding hydrogens is 174 g/mol. The number of ketones is 1. The monoisotopic (exact) mass is 189 g/mol. The second-order valence-corrected chi connectivity index (χ2v) is 4.34. The van der Waals surface area contributed by atoms with Gasteiger partial charge in [0.15, 0.2) is 0 Å². The van der Waals surface area contributed by atoms with Gasteiger partial charge in [0.2, 0.25) is 0 Å². The number of hydrogen-bond donors (Lipinski definition) is 0. The van der Waals surface area contributed by atoms with E-state index in [-0.39, 0.29) is 5.41 Å². The Labute approximate surface area is 84.4 Å². The van der Waals surface area contributed by atoms with Gasteiger partial charge in [-0.25, -0.2) is 0 Å². The lowest BCUT2D eigenvalue weighted by atomic mass is 9.71. The number of pyridine rings is 1. The van der Waals surface area contributed by atoms with E-state index in [9.17, 15) is 4.79 Å². The Bertz CT molecular complexity index is 321. The number of carbonyl (C=O) groups is 1. The van der Waals surface area contributed by atoms with Crippen LogP contribution in [-0.4, -0.2) is 10.8 Å². The minimum atomic E-state index is 0.169. The van der Waals surface area contributed by atoms with Crippen molar-refractivity contribution in [3.8, 4) is 0 Å². The van der Waals surface area contributed by atoms with Crippen LogP contribution in [0.3, 0.4) is 0 Å². The molecule has 0 aromatic carbocycles. The van der Waals surface area contributed by atoms with Crippen molar-refractivity contribution in [3.63, 3.8) is 0 Å². The standard InChI is InChI=1S/C12H15NO/c1-12(6-4-11(14)5-7-12)10-3-2-8-13-9-10/h2-3,8-9H,4-7H2,1H3. The van der Waals surface area contributed by atoms with E-state index in [1.807, 2.05) is 12.3 Å². The first-order valence-electron chi connectivity index (χ1n) is 5.13. The van der Waals surface area contributed by atoms with Crippen molar-refractivity contribution in [2.24, 2.45) is 0 Å². The van der Waals surface area contributed by atoms with Crippen LogP contribution in [-0.2, 0) is 10.2 Å². The Morgan fingerprint density at radius 3 is 2.64 bits per heavy atom. The minimum Gasteiger partial charge on any atom is -0.300 e. The van der Waals surface area contributed by atoms with Gasteiger partial charge in [-0.05, 0) is 29.9 Å². The van der Waals surface area contributed by atoms with E-state index in [4.69, 9.17) is 0 Å². The molecule has 0 radical (unpaired) electrons. The summed E-state index contributed by atoms with van der Waals surface area (Å²) in [5.74, 6) is 0.409. The summed E-state index contributed by atoms with van der Waals surface area (Å²) in [6.45, 7) is 2.23. The lowest BCUT2D eigenvalue weighted by Gasteiger charge is -2.33. The summed E-state index contributed by atoms with van der Waals surface area (Å²) in [4.78, 5) is 15.3. The molecule has 2 rings (SSSR count). The van der Waals surface area contributed by atoms with Crippen molar-refractivity contribution in [2.75, 3.05) is 0 Å². The quantitative estimate of drug-likeness (QED) is 0.679. The van der Waals surface area contributed by atoms with Crippen LogP contribution in [0.25, 0.3) is 0 Å². The highest BCUT2D eigenvalue weighted by Gasteiger charge is 2.31. The Morgan fingerprint density at radius 2 is 2.07 bits per heavy atom. The SMILES string of the molecule is CC1(c2cccnc2)CCC(=O)CC1. The topological polar surface area (TPSA) is 30.0 Å². The molecule has 0 atom stereocenters. The van der Waals surface area contributed by atoms with Gasteiger partial charge >= 0.3 is 0 Å². The molecule has 0 aliphatic heterocycles. The second kappa shape index (κ2) is 3.52. The fourth-order valence-corrected chi connectivity index (χ4v) is 2.09. The lowest BCUT2D eigenvalue weighted by Crippen LogP contribution is -2.28. The summed E-state index contributed by atoms with van der Waals surface area (Å²) in [7, 11) is 0. The van der Waals surface area contributed by atoms with Gasteiger partial charge < -0.3 is 0 Å². The van der Waals surface area contributed by atoms with E-state index in [0.717, 1.165) is 25.7 Å². The van der Waals surface area contributed by atoms with Gasteiger partial charge in [0.05, 0.1) is 0 Å². The van der Waals surface area contributed by atoms with Gasteiger partial charge in [-0.3, -0.25) is 9.78 Å². The maximum atomic E-state index is 11.2. The van der Waals surface area contributed by atoms with Crippen molar-refractivity contribution in [2.45, 2.75) is 38.0 Å². The predicted octanol–water partition coefficient (Wildman–Crippen LogP) is 2.48. The maximum absolute atomic E-state index is 11.2. The molecule has 14 heavy (non-hydrogen) atoms. The van der Waals surface area contributed by atoms with Crippen LogP contribution < -0.4 is 0 Å². The first-order chi connectivity index (χ1) is 6.71. The third kappa shape index (κ3) is 1.69. The molecule has 1 saturated carbocycles. The van der Waals surface area contributed by atoms with E-state index >= 15 is 0 Å². The molecule has 1 aromatic rings.